The molecule has 2 aromatic carbocycles. The second-order valence-corrected chi connectivity index (χ2v) is 7.62. The fourth-order valence-electron chi connectivity index (χ4n) is 3.68. The van der Waals surface area contributed by atoms with Gasteiger partial charge in [0.05, 0.1) is 0 Å². The fraction of sp³-hybridized carbons (Fsp3) is 0.240. The zero-order valence-corrected chi connectivity index (χ0v) is 17.5. The Morgan fingerprint density at radius 3 is 2.39 bits per heavy atom. The molecule has 1 aliphatic heterocycles. The summed E-state index contributed by atoms with van der Waals surface area (Å²) in [6.07, 6.45) is -0.131. The Morgan fingerprint density at radius 2 is 1.68 bits per heavy atom. The SMILES string of the molecule is CC(=O)c1ccc(-c2ccc(C(=O)O[C@H](C)C(=O)N3CCc4ccccc4C3)o2)cc1. The second-order valence-electron chi connectivity index (χ2n) is 7.62. The van der Waals surface area contributed by atoms with Crippen molar-refractivity contribution in [2.45, 2.75) is 32.9 Å². The van der Waals surface area contributed by atoms with Crippen LogP contribution in [0.3, 0.4) is 0 Å². The Balaban J connectivity index is 1.39. The van der Waals surface area contributed by atoms with Crippen molar-refractivity contribution in [2.24, 2.45) is 0 Å². The topological polar surface area (TPSA) is 76.8 Å². The van der Waals surface area contributed by atoms with Gasteiger partial charge in [0, 0.05) is 24.2 Å². The van der Waals surface area contributed by atoms with E-state index in [9.17, 15) is 14.4 Å². The van der Waals surface area contributed by atoms with E-state index in [1.807, 2.05) is 18.2 Å². The summed E-state index contributed by atoms with van der Waals surface area (Å²) < 4.78 is 11.0. The number of Topliss-reactive ketones (excluding diaryl/α,β-unsaturated/α-hetero) is 1. The minimum Gasteiger partial charge on any atom is -0.449 e. The average Bonchev–Trinajstić information content (AvgIpc) is 3.29. The molecule has 158 valence electrons. The molecular formula is C25H23NO5. The lowest BCUT2D eigenvalue weighted by Gasteiger charge is -2.30. The highest BCUT2D eigenvalue weighted by atomic mass is 16.6. The average molecular weight is 417 g/mol. The Kier molecular flexibility index (Phi) is 5.71. The highest BCUT2D eigenvalue weighted by Gasteiger charge is 2.28. The van der Waals surface area contributed by atoms with Crippen LogP contribution >= 0.6 is 0 Å². The maximum atomic E-state index is 12.8. The normalized spacial score (nSPS) is 13.9. The van der Waals surface area contributed by atoms with Crippen LogP contribution in [0.1, 0.15) is 45.9 Å². The molecule has 0 radical (unpaired) electrons. The summed E-state index contributed by atoms with van der Waals surface area (Å²) in [6.45, 7) is 4.18. The Labute approximate surface area is 180 Å². The summed E-state index contributed by atoms with van der Waals surface area (Å²) in [4.78, 5) is 38.4. The molecule has 0 saturated carbocycles. The number of ether oxygens (including phenoxy) is 1. The molecule has 0 N–H and O–H groups in total. The van der Waals surface area contributed by atoms with Crippen molar-refractivity contribution in [3.05, 3.63) is 83.1 Å². The van der Waals surface area contributed by atoms with E-state index in [2.05, 4.69) is 6.07 Å². The van der Waals surface area contributed by atoms with Crippen molar-refractivity contribution >= 4 is 17.7 Å². The molecule has 4 rings (SSSR count). The predicted molar refractivity (Wildman–Crippen MR) is 115 cm³/mol. The van der Waals surface area contributed by atoms with Gasteiger partial charge in [-0.05, 0) is 43.5 Å². The summed E-state index contributed by atoms with van der Waals surface area (Å²) in [5.74, 6) is -0.437. The number of rotatable bonds is 5. The molecule has 6 heteroatoms. The van der Waals surface area contributed by atoms with E-state index in [1.54, 1.807) is 42.2 Å². The quantitative estimate of drug-likeness (QED) is 0.457. The number of fused-ring (bicyclic) bond motifs is 1. The molecule has 1 aromatic heterocycles. The summed E-state index contributed by atoms with van der Waals surface area (Å²) >= 11 is 0. The van der Waals surface area contributed by atoms with Crippen molar-refractivity contribution in [3.8, 4) is 11.3 Å². The maximum absolute atomic E-state index is 12.8. The monoisotopic (exact) mass is 417 g/mol. The Bertz CT molecular complexity index is 1130. The van der Waals surface area contributed by atoms with E-state index in [-0.39, 0.29) is 17.5 Å². The highest BCUT2D eigenvalue weighted by molar-refractivity contribution is 5.94. The lowest BCUT2D eigenvalue weighted by molar-refractivity contribution is -0.140. The van der Waals surface area contributed by atoms with Crippen molar-refractivity contribution < 1.29 is 23.5 Å². The first-order chi connectivity index (χ1) is 14.9. The first kappa shape index (κ1) is 20.6. The molecule has 2 heterocycles. The van der Waals surface area contributed by atoms with Crippen molar-refractivity contribution in [2.75, 3.05) is 6.54 Å². The standard InChI is InChI=1S/C25H23NO5/c1-16(27)18-7-9-20(10-8-18)22-11-12-23(31-22)25(29)30-17(2)24(28)26-14-13-19-5-3-4-6-21(19)15-26/h3-12,17H,13-15H2,1-2H3/t17-/m1/s1. The molecule has 3 aromatic rings. The summed E-state index contributed by atoms with van der Waals surface area (Å²) in [6, 6.07) is 18.1. The van der Waals surface area contributed by atoms with Crippen molar-refractivity contribution in [3.63, 3.8) is 0 Å². The Hall–Kier alpha value is -3.67. The molecule has 1 amide bonds. The van der Waals surface area contributed by atoms with Gasteiger partial charge in [-0.25, -0.2) is 4.79 Å². The molecule has 0 bridgehead atoms. The van der Waals surface area contributed by atoms with E-state index in [4.69, 9.17) is 9.15 Å². The number of carbonyl (C=O) groups excluding carboxylic acids is 3. The molecule has 6 nitrogen and oxygen atoms in total. The van der Waals surface area contributed by atoms with Gasteiger partial charge in [0.15, 0.2) is 11.9 Å². The van der Waals surface area contributed by atoms with Gasteiger partial charge in [-0.15, -0.1) is 0 Å². The Morgan fingerprint density at radius 1 is 0.968 bits per heavy atom. The van der Waals surface area contributed by atoms with Crippen molar-refractivity contribution in [1.82, 2.24) is 4.90 Å². The minimum absolute atomic E-state index is 0.0221. The maximum Gasteiger partial charge on any atom is 0.375 e. The second kappa shape index (κ2) is 8.60. The van der Waals surface area contributed by atoms with E-state index in [0.29, 0.717) is 24.4 Å². The van der Waals surface area contributed by atoms with Gasteiger partial charge in [0.2, 0.25) is 5.76 Å². The molecule has 1 atom stereocenters. The van der Waals surface area contributed by atoms with Crippen LogP contribution in [0.2, 0.25) is 0 Å². The molecule has 0 spiro atoms. The summed E-state index contributed by atoms with van der Waals surface area (Å²) in [5.41, 5.74) is 3.70. The zero-order chi connectivity index (χ0) is 22.0. The van der Waals surface area contributed by atoms with Crippen LogP contribution < -0.4 is 0 Å². The summed E-state index contributed by atoms with van der Waals surface area (Å²) in [7, 11) is 0. The van der Waals surface area contributed by atoms with Crippen LogP contribution in [-0.2, 0) is 22.5 Å². The number of amides is 1. The smallest absolute Gasteiger partial charge is 0.375 e. The molecule has 1 aliphatic rings. The number of hydrogen-bond acceptors (Lipinski definition) is 5. The van der Waals surface area contributed by atoms with Gasteiger partial charge in [-0.1, -0.05) is 48.5 Å². The van der Waals surface area contributed by atoms with Crippen LogP contribution in [0, 0.1) is 0 Å². The molecule has 0 unspecified atom stereocenters. The van der Waals surface area contributed by atoms with E-state index >= 15 is 0 Å². The van der Waals surface area contributed by atoms with Gasteiger partial charge in [-0.3, -0.25) is 9.59 Å². The van der Waals surface area contributed by atoms with Gasteiger partial charge in [0.25, 0.3) is 5.91 Å². The van der Waals surface area contributed by atoms with E-state index in [0.717, 1.165) is 17.5 Å². The lowest BCUT2D eigenvalue weighted by atomic mass is 9.99. The van der Waals surface area contributed by atoms with Crippen LogP contribution in [-0.4, -0.2) is 35.2 Å². The van der Waals surface area contributed by atoms with Crippen LogP contribution in [0.25, 0.3) is 11.3 Å². The number of ketones is 1. The third-order valence-electron chi connectivity index (χ3n) is 5.46. The van der Waals surface area contributed by atoms with Crippen molar-refractivity contribution in [1.29, 1.82) is 0 Å². The van der Waals surface area contributed by atoms with Gasteiger partial charge in [0.1, 0.15) is 5.76 Å². The first-order valence-electron chi connectivity index (χ1n) is 10.2. The number of furan rings is 1. The van der Waals surface area contributed by atoms with Gasteiger partial charge in [-0.2, -0.15) is 0 Å². The summed E-state index contributed by atoms with van der Waals surface area (Å²) in [5, 5.41) is 0. The lowest BCUT2D eigenvalue weighted by Crippen LogP contribution is -2.42. The van der Waals surface area contributed by atoms with E-state index < -0.39 is 12.1 Å². The number of benzene rings is 2. The first-order valence-corrected chi connectivity index (χ1v) is 10.2. The fourth-order valence-corrected chi connectivity index (χ4v) is 3.68. The van der Waals surface area contributed by atoms with Crippen LogP contribution in [0.5, 0.6) is 0 Å². The number of hydrogen-bond donors (Lipinski definition) is 0. The molecule has 0 aliphatic carbocycles. The number of nitrogens with zero attached hydrogens (tertiary/aromatic N) is 1. The number of carbonyl (C=O) groups is 3. The number of esters is 1. The predicted octanol–water partition coefficient (Wildman–Crippen LogP) is 4.28. The van der Waals surface area contributed by atoms with Crippen LogP contribution in [0.15, 0.2) is 65.1 Å². The van der Waals surface area contributed by atoms with Crippen LogP contribution in [0.4, 0.5) is 0 Å². The third kappa shape index (κ3) is 4.43. The minimum atomic E-state index is -0.916. The van der Waals surface area contributed by atoms with E-state index in [1.165, 1.54) is 18.6 Å². The highest BCUT2D eigenvalue weighted by Crippen LogP contribution is 2.24. The largest absolute Gasteiger partial charge is 0.449 e. The molecule has 0 fully saturated rings. The zero-order valence-electron chi connectivity index (χ0n) is 17.5. The molecule has 31 heavy (non-hydrogen) atoms. The molecule has 0 saturated heterocycles. The third-order valence-corrected chi connectivity index (χ3v) is 5.46. The van der Waals surface area contributed by atoms with Gasteiger partial charge < -0.3 is 14.1 Å². The molecular weight excluding hydrogens is 394 g/mol. The van der Waals surface area contributed by atoms with Gasteiger partial charge >= 0.3 is 5.97 Å².